The molecule has 0 saturated heterocycles. The summed E-state index contributed by atoms with van der Waals surface area (Å²) in [6, 6.07) is 14.5. The van der Waals surface area contributed by atoms with Crippen LogP contribution in [0.4, 0.5) is 17.6 Å². The zero-order chi connectivity index (χ0) is 19.9. The Kier molecular flexibility index (Phi) is 4.61. The van der Waals surface area contributed by atoms with Crippen molar-refractivity contribution in [3.05, 3.63) is 77.4 Å². The molecule has 0 N–H and O–H groups in total. The first kappa shape index (κ1) is 18.5. The first-order chi connectivity index (χ1) is 13.4. The number of aryl methyl sites for hydroxylation is 1. The van der Waals surface area contributed by atoms with E-state index in [2.05, 4.69) is 11.7 Å². The van der Waals surface area contributed by atoms with Gasteiger partial charge in [0.1, 0.15) is 0 Å². The Bertz CT molecular complexity index is 1030. The zero-order valence-electron chi connectivity index (χ0n) is 15.2. The Balaban J connectivity index is 1.76. The Morgan fingerprint density at radius 1 is 0.857 bits per heavy atom. The number of alkyl halides is 2. The van der Waals surface area contributed by atoms with Gasteiger partial charge in [-0.25, -0.2) is 4.39 Å². The van der Waals surface area contributed by atoms with Gasteiger partial charge in [0, 0.05) is 5.56 Å². The quantitative estimate of drug-likeness (QED) is 0.435. The summed E-state index contributed by atoms with van der Waals surface area (Å²) in [5.74, 6) is -3.39. The molecule has 28 heavy (non-hydrogen) atoms. The summed E-state index contributed by atoms with van der Waals surface area (Å²) in [7, 11) is 0. The number of rotatable bonds is 4. The second kappa shape index (κ2) is 6.97. The average Bonchev–Trinajstić information content (AvgIpc) is 2.70. The van der Waals surface area contributed by atoms with Crippen molar-refractivity contribution in [1.29, 1.82) is 0 Å². The van der Waals surface area contributed by atoms with Gasteiger partial charge in [-0.3, -0.25) is 0 Å². The fraction of sp³-hybridized carbons (Fsp3) is 0.217. The monoisotopic (exact) mass is 386 g/mol. The lowest BCUT2D eigenvalue weighted by Gasteiger charge is -2.28. The molecule has 0 atom stereocenters. The first-order valence-electron chi connectivity index (χ1n) is 9.19. The number of hydrogen-bond acceptors (Lipinski definition) is 1. The van der Waals surface area contributed by atoms with E-state index in [1.165, 1.54) is 23.8 Å². The molecule has 5 heteroatoms. The maximum atomic E-state index is 14.6. The Morgan fingerprint density at radius 3 is 2.25 bits per heavy atom. The first-order valence-corrected chi connectivity index (χ1v) is 9.19. The van der Waals surface area contributed by atoms with Crippen LogP contribution in [0.15, 0.2) is 54.6 Å². The molecule has 0 spiro atoms. The molecule has 0 fully saturated rings. The van der Waals surface area contributed by atoms with Crippen molar-refractivity contribution in [3.63, 3.8) is 0 Å². The van der Waals surface area contributed by atoms with Crippen LogP contribution in [0.3, 0.4) is 0 Å². The zero-order valence-corrected chi connectivity index (χ0v) is 15.2. The van der Waals surface area contributed by atoms with Crippen LogP contribution >= 0.6 is 0 Å². The number of benzene rings is 3. The highest BCUT2D eigenvalue weighted by molar-refractivity contribution is 5.79. The van der Waals surface area contributed by atoms with E-state index in [0.29, 0.717) is 5.56 Å². The largest absolute Gasteiger partial charge is 0.427 e. The molecule has 3 aromatic rings. The number of ether oxygens (including phenoxy) is 1. The molecule has 0 bridgehead atoms. The lowest BCUT2D eigenvalue weighted by molar-refractivity contribution is -0.188. The summed E-state index contributed by atoms with van der Waals surface area (Å²) in [6.45, 7) is 2.13. The number of fused-ring (bicyclic) bond motifs is 3. The minimum Gasteiger partial charge on any atom is -0.425 e. The lowest BCUT2D eigenvalue weighted by atomic mass is 9.91. The number of hydrogen-bond donors (Lipinski definition) is 0. The van der Waals surface area contributed by atoms with Gasteiger partial charge in [-0.2, -0.15) is 13.2 Å². The van der Waals surface area contributed by atoms with E-state index in [0.717, 1.165) is 30.9 Å². The van der Waals surface area contributed by atoms with Crippen molar-refractivity contribution in [2.75, 3.05) is 0 Å². The molecule has 4 rings (SSSR count). The maximum Gasteiger partial charge on any atom is 0.427 e. The summed E-state index contributed by atoms with van der Waals surface area (Å²) < 4.78 is 61.1. The van der Waals surface area contributed by atoms with E-state index < -0.39 is 23.5 Å². The maximum absolute atomic E-state index is 14.6. The Hall–Kier alpha value is -2.82. The van der Waals surface area contributed by atoms with E-state index >= 15 is 0 Å². The van der Waals surface area contributed by atoms with Crippen molar-refractivity contribution in [1.82, 2.24) is 0 Å². The van der Waals surface area contributed by atoms with Crippen LogP contribution in [-0.4, -0.2) is 0 Å². The predicted molar refractivity (Wildman–Crippen MR) is 100 cm³/mol. The van der Waals surface area contributed by atoms with Crippen LogP contribution in [0.5, 0.6) is 5.75 Å². The third kappa shape index (κ3) is 3.15. The third-order valence-electron chi connectivity index (χ3n) is 5.01. The van der Waals surface area contributed by atoms with Gasteiger partial charge < -0.3 is 4.74 Å². The topological polar surface area (TPSA) is 9.23 Å². The summed E-state index contributed by atoms with van der Waals surface area (Å²) >= 11 is 0. The average molecular weight is 386 g/mol. The van der Waals surface area contributed by atoms with Crippen molar-refractivity contribution in [2.45, 2.75) is 32.3 Å². The molecular weight excluding hydrogens is 368 g/mol. The lowest BCUT2D eigenvalue weighted by Crippen LogP contribution is -2.27. The fourth-order valence-electron chi connectivity index (χ4n) is 3.47. The van der Waals surface area contributed by atoms with Crippen LogP contribution in [0, 0.1) is 11.6 Å². The minimum atomic E-state index is -3.76. The molecule has 0 aromatic heterocycles. The Labute approximate surface area is 160 Å². The molecule has 1 nitrogen and oxygen atoms in total. The number of unbranched alkanes of at least 4 members (excludes halogenated alkanes) is 1. The van der Waals surface area contributed by atoms with Gasteiger partial charge in [0.25, 0.3) is 0 Å². The van der Waals surface area contributed by atoms with E-state index in [4.69, 9.17) is 0 Å². The SMILES string of the molecule is CCCCc1ccc(-c2ccc3c(c2)C(F)(F)Oc2c-3ccc(F)c2F)cc1. The highest BCUT2D eigenvalue weighted by Crippen LogP contribution is 2.49. The summed E-state index contributed by atoms with van der Waals surface area (Å²) in [5, 5.41) is 0. The van der Waals surface area contributed by atoms with Gasteiger partial charge in [-0.05, 0) is 53.3 Å². The predicted octanol–water partition coefficient (Wildman–Crippen LogP) is 7.08. The molecule has 0 amide bonds. The molecule has 144 valence electrons. The van der Waals surface area contributed by atoms with E-state index in [1.54, 1.807) is 6.07 Å². The van der Waals surface area contributed by atoms with Crippen molar-refractivity contribution in [3.8, 4) is 28.0 Å². The third-order valence-corrected chi connectivity index (χ3v) is 5.01. The van der Waals surface area contributed by atoms with Gasteiger partial charge in [-0.1, -0.05) is 49.7 Å². The second-order valence-electron chi connectivity index (χ2n) is 6.92. The van der Waals surface area contributed by atoms with Crippen LogP contribution in [0.25, 0.3) is 22.3 Å². The highest BCUT2D eigenvalue weighted by atomic mass is 19.3. The standard InChI is InChI=1S/C23H18F4O/c1-2-3-4-14-5-7-15(8-6-14)16-9-10-17-18-11-12-20(24)21(25)22(18)28-23(26,27)19(17)13-16/h5-13H,2-4H2,1H3. The molecule has 0 saturated carbocycles. The van der Waals surface area contributed by atoms with Gasteiger partial charge >= 0.3 is 6.11 Å². The van der Waals surface area contributed by atoms with E-state index in [1.807, 2.05) is 24.3 Å². The molecule has 3 aromatic carbocycles. The molecule has 1 heterocycles. The molecule has 0 radical (unpaired) electrons. The van der Waals surface area contributed by atoms with Crippen LogP contribution < -0.4 is 4.74 Å². The molecule has 1 aliphatic heterocycles. The van der Waals surface area contributed by atoms with Crippen molar-refractivity contribution < 1.29 is 22.3 Å². The summed E-state index contributed by atoms with van der Waals surface area (Å²) in [5.41, 5.74) is 2.49. The van der Waals surface area contributed by atoms with Gasteiger partial charge in [0.15, 0.2) is 11.6 Å². The van der Waals surface area contributed by atoms with Gasteiger partial charge in [0.05, 0.1) is 5.56 Å². The summed E-state index contributed by atoms with van der Waals surface area (Å²) in [4.78, 5) is 0. The summed E-state index contributed by atoms with van der Waals surface area (Å²) in [6.07, 6.45) is -0.578. The van der Waals surface area contributed by atoms with Crippen LogP contribution in [0.2, 0.25) is 0 Å². The molecule has 0 aliphatic carbocycles. The van der Waals surface area contributed by atoms with Crippen LogP contribution in [-0.2, 0) is 12.5 Å². The molecule has 1 aliphatic rings. The fourth-order valence-corrected chi connectivity index (χ4v) is 3.47. The highest BCUT2D eigenvalue weighted by Gasteiger charge is 2.43. The van der Waals surface area contributed by atoms with Crippen molar-refractivity contribution >= 4 is 0 Å². The van der Waals surface area contributed by atoms with Crippen LogP contribution in [0.1, 0.15) is 30.9 Å². The van der Waals surface area contributed by atoms with Gasteiger partial charge in [0.2, 0.25) is 5.82 Å². The second-order valence-corrected chi connectivity index (χ2v) is 6.92. The number of halogens is 4. The van der Waals surface area contributed by atoms with Crippen molar-refractivity contribution in [2.24, 2.45) is 0 Å². The van der Waals surface area contributed by atoms with Gasteiger partial charge in [-0.15, -0.1) is 0 Å². The molecular formula is C23H18F4O. The minimum absolute atomic E-state index is 0.112. The molecule has 0 unspecified atom stereocenters. The smallest absolute Gasteiger partial charge is 0.425 e. The van der Waals surface area contributed by atoms with E-state index in [9.17, 15) is 17.6 Å². The van der Waals surface area contributed by atoms with E-state index in [-0.39, 0.29) is 16.7 Å². The Morgan fingerprint density at radius 2 is 1.54 bits per heavy atom. The normalized spacial score (nSPS) is 14.2.